The molecule has 34 heavy (non-hydrogen) atoms. The van der Waals surface area contributed by atoms with Crippen LogP contribution in [0.4, 0.5) is 5.69 Å². The lowest BCUT2D eigenvalue weighted by molar-refractivity contribution is -0.134. The molecule has 4 rings (SSSR count). The van der Waals surface area contributed by atoms with Gasteiger partial charge >= 0.3 is 11.8 Å². The quantitative estimate of drug-likeness (QED) is 0.233. The molecule has 0 radical (unpaired) electrons. The van der Waals surface area contributed by atoms with E-state index in [-0.39, 0.29) is 36.8 Å². The minimum Gasteiger partial charge on any atom is -0.489 e. The largest absolute Gasteiger partial charge is 0.489 e. The topological polar surface area (TPSA) is 135 Å². The fourth-order valence-corrected chi connectivity index (χ4v) is 3.86. The van der Waals surface area contributed by atoms with Gasteiger partial charge in [-0.15, -0.1) is 24.8 Å². The Bertz CT molecular complexity index is 1190. The van der Waals surface area contributed by atoms with E-state index in [1.807, 2.05) is 18.2 Å². The standard InChI is InChI=1S/C24H25N5O3.2ClH/c25-22(26)17-4-3-16-2-1-15(11-18(16)12-17)13-29-10-9-21(14-29)32-20-7-5-19(6-8-20)28-24(31)23(27)30;;/h1-8,11-12,21H,9-10,13-14H2,(H3,25,26)(H2,27,30)(H,28,31);2*1H. The van der Waals surface area contributed by atoms with Crippen molar-refractivity contribution < 1.29 is 14.3 Å². The van der Waals surface area contributed by atoms with Crippen LogP contribution in [-0.4, -0.2) is 41.7 Å². The Hall–Kier alpha value is -3.33. The number of halogens is 2. The summed E-state index contributed by atoms with van der Waals surface area (Å²) in [4.78, 5) is 24.5. The van der Waals surface area contributed by atoms with Gasteiger partial charge in [0.15, 0.2) is 0 Å². The molecule has 10 heteroatoms. The summed E-state index contributed by atoms with van der Waals surface area (Å²) in [6.07, 6.45) is 0.994. The lowest BCUT2D eigenvalue weighted by atomic mass is 10.0. The number of hydrogen-bond donors (Lipinski definition) is 4. The number of fused-ring (bicyclic) bond motifs is 1. The third kappa shape index (κ3) is 6.60. The molecule has 3 aromatic carbocycles. The van der Waals surface area contributed by atoms with Crippen LogP contribution >= 0.6 is 24.8 Å². The monoisotopic (exact) mass is 503 g/mol. The number of likely N-dealkylation sites (tertiary alicyclic amines) is 1. The molecule has 1 aliphatic rings. The molecule has 180 valence electrons. The van der Waals surface area contributed by atoms with Crippen LogP contribution in [-0.2, 0) is 16.1 Å². The van der Waals surface area contributed by atoms with Gasteiger partial charge in [-0.1, -0.05) is 24.3 Å². The van der Waals surface area contributed by atoms with Crippen LogP contribution in [0.3, 0.4) is 0 Å². The van der Waals surface area contributed by atoms with Crippen LogP contribution in [0, 0.1) is 5.41 Å². The van der Waals surface area contributed by atoms with Gasteiger partial charge in [0.05, 0.1) is 0 Å². The Labute approximate surface area is 210 Å². The molecule has 0 aromatic heterocycles. The number of nitrogens with two attached hydrogens (primary N) is 2. The Balaban J connectivity index is 0.00000204. The van der Waals surface area contributed by atoms with Crippen LogP contribution in [0.25, 0.3) is 10.8 Å². The van der Waals surface area contributed by atoms with E-state index in [1.54, 1.807) is 24.3 Å². The van der Waals surface area contributed by atoms with E-state index in [0.29, 0.717) is 11.4 Å². The highest BCUT2D eigenvalue weighted by atomic mass is 35.5. The summed E-state index contributed by atoms with van der Waals surface area (Å²) in [5.74, 6) is -1.10. The number of carbonyl (C=O) groups excluding carboxylic acids is 2. The summed E-state index contributed by atoms with van der Waals surface area (Å²) in [5.41, 5.74) is 13.0. The number of amides is 2. The molecule has 0 aliphatic carbocycles. The Morgan fingerprint density at radius 2 is 1.71 bits per heavy atom. The maximum absolute atomic E-state index is 11.3. The van der Waals surface area contributed by atoms with E-state index in [2.05, 4.69) is 28.4 Å². The van der Waals surface area contributed by atoms with E-state index in [9.17, 15) is 9.59 Å². The molecule has 8 nitrogen and oxygen atoms in total. The molecular formula is C24H27Cl2N5O3. The van der Waals surface area contributed by atoms with Crippen LogP contribution in [0.15, 0.2) is 60.7 Å². The second-order valence-corrected chi connectivity index (χ2v) is 7.92. The highest BCUT2D eigenvalue weighted by molar-refractivity contribution is 6.39. The highest BCUT2D eigenvalue weighted by Gasteiger charge is 2.24. The predicted molar refractivity (Wildman–Crippen MR) is 138 cm³/mol. The van der Waals surface area contributed by atoms with Gasteiger partial charge in [-0.2, -0.15) is 0 Å². The number of hydrogen-bond acceptors (Lipinski definition) is 5. The number of nitrogen functional groups attached to an aromatic ring is 1. The highest BCUT2D eigenvalue weighted by Crippen LogP contribution is 2.23. The van der Waals surface area contributed by atoms with Gasteiger partial charge in [0.2, 0.25) is 0 Å². The third-order valence-corrected chi connectivity index (χ3v) is 5.49. The summed E-state index contributed by atoms with van der Waals surface area (Å²) in [6.45, 7) is 2.56. The Morgan fingerprint density at radius 3 is 2.38 bits per heavy atom. The fourth-order valence-electron chi connectivity index (χ4n) is 3.86. The lowest BCUT2D eigenvalue weighted by Gasteiger charge is -2.17. The van der Waals surface area contributed by atoms with Gasteiger partial charge < -0.3 is 21.5 Å². The molecule has 1 aliphatic heterocycles. The molecule has 0 bridgehead atoms. The first-order chi connectivity index (χ1) is 15.4. The molecule has 1 unspecified atom stereocenters. The smallest absolute Gasteiger partial charge is 0.313 e. The zero-order valence-corrected chi connectivity index (χ0v) is 20.0. The van der Waals surface area contributed by atoms with Crippen LogP contribution in [0.2, 0.25) is 0 Å². The predicted octanol–water partition coefficient (Wildman–Crippen LogP) is 3.04. The number of amidine groups is 1. The number of carbonyl (C=O) groups is 2. The molecule has 6 N–H and O–H groups in total. The van der Waals surface area contributed by atoms with Crippen molar-refractivity contribution in [1.29, 1.82) is 5.41 Å². The first-order valence-electron chi connectivity index (χ1n) is 10.3. The first-order valence-corrected chi connectivity index (χ1v) is 10.3. The summed E-state index contributed by atoms with van der Waals surface area (Å²) in [6, 6.07) is 19.0. The average molecular weight is 504 g/mol. The van der Waals surface area contributed by atoms with Crippen molar-refractivity contribution in [2.45, 2.75) is 19.1 Å². The van der Waals surface area contributed by atoms with E-state index in [0.717, 1.165) is 42.4 Å². The van der Waals surface area contributed by atoms with E-state index in [4.69, 9.17) is 21.6 Å². The zero-order chi connectivity index (χ0) is 22.7. The van der Waals surface area contributed by atoms with Gasteiger partial charge in [0.1, 0.15) is 17.7 Å². The number of anilines is 1. The molecule has 2 amide bonds. The molecule has 0 spiro atoms. The first kappa shape index (κ1) is 26.9. The maximum Gasteiger partial charge on any atom is 0.313 e. The number of primary amides is 1. The van der Waals surface area contributed by atoms with Gasteiger partial charge in [0.25, 0.3) is 0 Å². The van der Waals surface area contributed by atoms with Gasteiger partial charge in [-0.3, -0.25) is 19.9 Å². The SMILES string of the molecule is Cl.Cl.N=C(N)c1ccc2ccc(CN3CCC(Oc4ccc(NC(=O)C(N)=O)cc4)C3)cc2c1. The molecule has 1 fully saturated rings. The number of nitrogens with one attached hydrogen (secondary N) is 2. The summed E-state index contributed by atoms with van der Waals surface area (Å²) in [5, 5.41) is 12.3. The lowest BCUT2D eigenvalue weighted by Crippen LogP contribution is -2.29. The summed E-state index contributed by atoms with van der Waals surface area (Å²) >= 11 is 0. The van der Waals surface area contributed by atoms with Crippen molar-refractivity contribution in [3.63, 3.8) is 0 Å². The van der Waals surface area contributed by atoms with Crippen molar-refractivity contribution in [1.82, 2.24) is 4.90 Å². The molecule has 0 saturated carbocycles. The van der Waals surface area contributed by atoms with Crippen LogP contribution < -0.4 is 21.5 Å². The van der Waals surface area contributed by atoms with Crippen LogP contribution in [0.5, 0.6) is 5.75 Å². The van der Waals surface area contributed by atoms with E-state index in [1.165, 1.54) is 5.56 Å². The van der Waals surface area contributed by atoms with Crippen molar-refractivity contribution in [2.24, 2.45) is 11.5 Å². The normalized spacial score (nSPS) is 15.1. The minimum absolute atomic E-state index is 0. The maximum atomic E-state index is 11.3. The number of ether oxygens (including phenoxy) is 1. The fraction of sp³-hybridized carbons (Fsp3) is 0.208. The Morgan fingerprint density at radius 1 is 1.00 bits per heavy atom. The molecule has 1 atom stereocenters. The number of nitrogens with zero attached hydrogens (tertiary/aromatic N) is 1. The summed E-state index contributed by atoms with van der Waals surface area (Å²) in [7, 11) is 0. The average Bonchev–Trinajstić information content (AvgIpc) is 3.21. The minimum atomic E-state index is -1.03. The van der Waals surface area contributed by atoms with E-state index < -0.39 is 11.8 Å². The van der Waals surface area contributed by atoms with Crippen molar-refractivity contribution in [3.05, 3.63) is 71.8 Å². The van der Waals surface area contributed by atoms with Crippen molar-refractivity contribution in [2.75, 3.05) is 18.4 Å². The number of benzene rings is 3. The molecule has 3 aromatic rings. The second-order valence-electron chi connectivity index (χ2n) is 7.92. The second kappa shape index (κ2) is 11.7. The molecule has 1 heterocycles. The van der Waals surface area contributed by atoms with Gasteiger partial charge in [-0.05, 0) is 59.2 Å². The van der Waals surface area contributed by atoms with Gasteiger partial charge in [-0.25, -0.2) is 0 Å². The number of rotatable bonds is 6. The Kier molecular flexibility index (Phi) is 9.26. The molecular weight excluding hydrogens is 477 g/mol. The van der Waals surface area contributed by atoms with Crippen molar-refractivity contribution >= 4 is 58.9 Å². The van der Waals surface area contributed by atoms with Crippen molar-refractivity contribution in [3.8, 4) is 5.75 Å². The zero-order valence-electron chi connectivity index (χ0n) is 18.3. The van der Waals surface area contributed by atoms with Crippen LogP contribution in [0.1, 0.15) is 17.5 Å². The summed E-state index contributed by atoms with van der Waals surface area (Å²) < 4.78 is 6.08. The van der Waals surface area contributed by atoms with E-state index >= 15 is 0 Å². The third-order valence-electron chi connectivity index (χ3n) is 5.49. The van der Waals surface area contributed by atoms with Gasteiger partial charge in [0, 0.05) is 30.9 Å². The molecule has 1 saturated heterocycles.